The lowest BCUT2D eigenvalue weighted by Crippen LogP contribution is -2.43. The number of sulfone groups is 2. The van der Waals surface area contributed by atoms with Gasteiger partial charge in [-0.25, -0.2) is 16.8 Å². The Morgan fingerprint density at radius 1 is 1.10 bits per heavy atom. The van der Waals surface area contributed by atoms with E-state index in [1.807, 2.05) is 26.0 Å². The normalized spacial score (nSPS) is 21.4. The summed E-state index contributed by atoms with van der Waals surface area (Å²) in [6.45, 7) is 4.04. The maximum atomic E-state index is 13.2. The van der Waals surface area contributed by atoms with Crippen molar-refractivity contribution in [3.8, 4) is 5.75 Å². The first kappa shape index (κ1) is 22.1. The molecule has 0 spiro atoms. The second-order valence-electron chi connectivity index (χ2n) is 7.38. The molecule has 1 fully saturated rings. The van der Waals surface area contributed by atoms with Crippen molar-refractivity contribution in [3.05, 3.63) is 59.1 Å². The van der Waals surface area contributed by atoms with E-state index in [0.29, 0.717) is 10.8 Å². The van der Waals surface area contributed by atoms with E-state index in [2.05, 4.69) is 5.32 Å². The number of hydrogen-bond donors (Lipinski definition) is 1. The van der Waals surface area contributed by atoms with Gasteiger partial charge in [0.15, 0.2) is 19.7 Å². The Bertz CT molecular complexity index is 1070. The Morgan fingerprint density at radius 2 is 1.76 bits per heavy atom. The highest BCUT2D eigenvalue weighted by atomic mass is 35.5. The zero-order valence-electron chi connectivity index (χ0n) is 16.2. The second-order valence-corrected chi connectivity index (χ2v) is 12.1. The Labute approximate surface area is 177 Å². The first-order chi connectivity index (χ1) is 13.6. The lowest BCUT2D eigenvalue weighted by molar-refractivity contribution is 0.242. The number of rotatable bonds is 7. The molecule has 0 aromatic heterocycles. The molecule has 9 heteroatoms. The van der Waals surface area contributed by atoms with Crippen molar-refractivity contribution in [3.63, 3.8) is 0 Å². The van der Waals surface area contributed by atoms with E-state index in [4.69, 9.17) is 16.3 Å². The minimum atomic E-state index is -3.85. The van der Waals surface area contributed by atoms with Crippen molar-refractivity contribution in [2.75, 3.05) is 11.5 Å². The van der Waals surface area contributed by atoms with Gasteiger partial charge in [0.05, 0.1) is 27.8 Å². The zero-order valence-corrected chi connectivity index (χ0v) is 18.6. The molecule has 3 rings (SSSR count). The number of halogens is 1. The summed E-state index contributed by atoms with van der Waals surface area (Å²) in [5.74, 6) is -0.0678. The fourth-order valence-corrected chi connectivity index (χ4v) is 8.27. The number of nitrogens with one attached hydrogen (secondary N) is 1. The lowest BCUT2D eigenvalue weighted by atomic mass is 10.2. The molecule has 2 aromatic carbocycles. The predicted octanol–water partition coefficient (Wildman–Crippen LogP) is 2.86. The summed E-state index contributed by atoms with van der Waals surface area (Å²) in [4.78, 5) is 0.0836. The first-order valence-electron chi connectivity index (χ1n) is 9.26. The Hall–Kier alpha value is -1.61. The smallest absolute Gasteiger partial charge is 0.183 e. The van der Waals surface area contributed by atoms with Gasteiger partial charge in [0.2, 0.25) is 0 Å². The third-order valence-corrected chi connectivity index (χ3v) is 9.27. The van der Waals surface area contributed by atoms with Gasteiger partial charge in [-0.1, -0.05) is 29.8 Å². The summed E-state index contributed by atoms with van der Waals surface area (Å²) < 4.78 is 56.4. The molecule has 0 bridgehead atoms. The minimum Gasteiger partial charge on any atom is -0.491 e. The van der Waals surface area contributed by atoms with Crippen molar-refractivity contribution in [1.82, 2.24) is 5.32 Å². The topological polar surface area (TPSA) is 89.5 Å². The summed E-state index contributed by atoms with van der Waals surface area (Å²) in [5, 5.41) is 2.57. The van der Waals surface area contributed by atoms with Crippen LogP contribution in [0.3, 0.4) is 0 Å². The average molecular weight is 458 g/mol. The second kappa shape index (κ2) is 8.63. The van der Waals surface area contributed by atoms with Gasteiger partial charge < -0.3 is 10.1 Å². The highest BCUT2D eigenvalue weighted by molar-refractivity contribution is 7.96. The van der Waals surface area contributed by atoms with Gasteiger partial charge in [-0.15, -0.1) is 0 Å². The molecule has 0 saturated carbocycles. The fourth-order valence-electron chi connectivity index (χ4n) is 3.35. The summed E-state index contributed by atoms with van der Waals surface area (Å²) in [5.41, 5.74) is 0.782. The van der Waals surface area contributed by atoms with Crippen LogP contribution in [-0.2, 0) is 26.2 Å². The highest BCUT2D eigenvalue weighted by Gasteiger charge is 2.45. The third kappa shape index (κ3) is 5.31. The van der Waals surface area contributed by atoms with Crippen LogP contribution in [0.4, 0.5) is 0 Å². The molecule has 2 atom stereocenters. The standard InChI is InChI=1S/C20H24ClNO5S2/c1-14(2)27-16-7-9-17(10-8-16)29(25,26)20-13-28(23,24)12-19(20)22-11-15-5-3-4-6-18(15)21/h3-10,14,19-20,22H,11-13H2,1-2H3/t19-,20-/m0/s1. The van der Waals surface area contributed by atoms with Gasteiger partial charge >= 0.3 is 0 Å². The number of hydrogen-bond acceptors (Lipinski definition) is 6. The SMILES string of the molecule is CC(C)Oc1ccc(S(=O)(=O)[C@H]2CS(=O)(=O)C[C@@H]2NCc2ccccc2Cl)cc1. The van der Waals surface area contributed by atoms with Gasteiger partial charge in [0.1, 0.15) is 5.75 Å². The molecule has 158 valence electrons. The van der Waals surface area contributed by atoms with Crippen LogP contribution >= 0.6 is 11.6 Å². The van der Waals surface area contributed by atoms with Crippen molar-refractivity contribution in [1.29, 1.82) is 0 Å². The van der Waals surface area contributed by atoms with E-state index in [1.165, 1.54) is 12.1 Å². The Morgan fingerprint density at radius 3 is 2.38 bits per heavy atom. The molecule has 1 N–H and O–H groups in total. The maximum absolute atomic E-state index is 13.2. The molecule has 6 nitrogen and oxygen atoms in total. The monoisotopic (exact) mass is 457 g/mol. The molecule has 0 radical (unpaired) electrons. The van der Waals surface area contributed by atoms with Crippen molar-refractivity contribution < 1.29 is 21.6 Å². The van der Waals surface area contributed by atoms with Crippen LogP contribution in [0, 0.1) is 0 Å². The van der Waals surface area contributed by atoms with Gasteiger partial charge in [-0.05, 0) is 49.7 Å². The van der Waals surface area contributed by atoms with E-state index in [9.17, 15) is 16.8 Å². The van der Waals surface area contributed by atoms with Crippen LogP contribution in [0.2, 0.25) is 5.02 Å². The zero-order chi connectivity index (χ0) is 21.2. The van der Waals surface area contributed by atoms with E-state index in [1.54, 1.807) is 24.3 Å². The van der Waals surface area contributed by atoms with Gasteiger partial charge in [-0.3, -0.25) is 0 Å². The van der Waals surface area contributed by atoms with Gasteiger partial charge in [-0.2, -0.15) is 0 Å². The summed E-state index contributed by atoms with van der Waals surface area (Å²) in [6.07, 6.45) is -0.0316. The average Bonchev–Trinajstić information content (AvgIpc) is 2.96. The van der Waals surface area contributed by atoms with E-state index in [0.717, 1.165) is 5.56 Å². The van der Waals surface area contributed by atoms with E-state index >= 15 is 0 Å². The quantitative estimate of drug-likeness (QED) is 0.687. The molecule has 1 saturated heterocycles. The highest BCUT2D eigenvalue weighted by Crippen LogP contribution is 2.28. The number of ether oxygens (including phenoxy) is 1. The molecule has 1 aliphatic rings. The Balaban J connectivity index is 1.82. The molecule has 0 amide bonds. The van der Waals surface area contributed by atoms with Crippen LogP contribution in [0.5, 0.6) is 5.75 Å². The molecule has 1 aliphatic heterocycles. The summed E-state index contributed by atoms with van der Waals surface area (Å²) in [6, 6.07) is 12.5. The Kier molecular flexibility index (Phi) is 6.57. The molecular formula is C20H24ClNO5S2. The van der Waals surface area contributed by atoms with Crippen molar-refractivity contribution in [2.24, 2.45) is 0 Å². The molecular weight excluding hydrogens is 434 g/mol. The van der Waals surface area contributed by atoms with E-state index < -0.39 is 36.7 Å². The van der Waals surface area contributed by atoms with Crippen molar-refractivity contribution >= 4 is 31.3 Å². The molecule has 29 heavy (non-hydrogen) atoms. The van der Waals surface area contributed by atoms with Crippen LogP contribution in [0.25, 0.3) is 0 Å². The minimum absolute atomic E-state index is 0.0316. The first-order valence-corrected chi connectivity index (χ1v) is 13.0. The predicted molar refractivity (Wildman–Crippen MR) is 114 cm³/mol. The molecule has 0 aliphatic carbocycles. The van der Waals surface area contributed by atoms with Crippen LogP contribution in [0.15, 0.2) is 53.4 Å². The lowest BCUT2D eigenvalue weighted by Gasteiger charge is -2.20. The van der Waals surface area contributed by atoms with Crippen LogP contribution in [-0.4, -0.2) is 45.7 Å². The summed E-state index contributed by atoms with van der Waals surface area (Å²) in [7, 11) is -7.32. The molecule has 2 aromatic rings. The maximum Gasteiger partial charge on any atom is 0.183 e. The van der Waals surface area contributed by atoms with Crippen LogP contribution < -0.4 is 10.1 Å². The van der Waals surface area contributed by atoms with Crippen LogP contribution in [0.1, 0.15) is 19.4 Å². The molecule has 0 unspecified atom stereocenters. The summed E-state index contributed by atoms with van der Waals surface area (Å²) >= 11 is 6.15. The fraction of sp³-hybridized carbons (Fsp3) is 0.400. The van der Waals surface area contributed by atoms with Crippen molar-refractivity contribution in [2.45, 2.75) is 42.7 Å². The number of benzene rings is 2. The van der Waals surface area contributed by atoms with Gasteiger partial charge in [0, 0.05) is 17.6 Å². The largest absolute Gasteiger partial charge is 0.491 e. The van der Waals surface area contributed by atoms with E-state index in [-0.39, 0.29) is 23.3 Å². The third-order valence-electron chi connectivity index (χ3n) is 4.74. The molecule has 1 heterocycles. The van der Waals surface area contributed by atoms with Gasteiger partial charge in [0.25, 0.3) is 0 Å².